The molecule has 2 aliphatic rings. The fraction of sp³-hybridized carbons (Fsp3) is 0.412. The maximum Gasteiger partial charge on any atom is 0.0709 e. The largest absolute Gasteiger partial charge is 0.398 e. The average molecular weight is 282 g/mol. The second-order valence-electron chi connectivity index (χ2n) is 5.90. The van der Waals surface area contributed by atoms with E-state index in [0.717, 1.165) is 42.8 Å². The van der Waals surface area contributed by atoms with Gasteiger partial charge in [0.15, 0.2) is 0 Å². The quantitative estimate of drug-likeness (QED) is 0.573. The number of rotatable bonds is 5. The first-order valence-electron chi connectivity index (χ1n) is 7.57. The van der Waals surface area contributed by atoms with Gasteiger partial charge in [-0.3, -0.25) is 4.99 Å². The Balaban J connectivity index is 1.74. The van der Waals surface area contributed by atoms with Crippen molar-refractivity contribution in [1.29, 1.82) is 5.41 Å². The predicted molar refractivity (Wildman–Crippen MR) is 89.6 cm³/mol. The van der Waals surface area contributed by atoms with Crippen molar-refractivity contribution in [3.63, 3.8) is 0 Å². The van der Waals surface area contributed by atoms with Crippen molar-refractivity contribution < 1.29 is 0 Å². The topological polar surface area (TPSA) is 74.3 Å². The van der Waals surface area contributed by atoms with Crippen LogP contribution >= 0.6 is 0 Å². The van der Waals surface area contributed by atoms with Crippen molar-refractivity contribution >= 4 is 22.8 Å². The molecule has 4 heteroatoms. The van der Waals surface area contributed by atoms with Gasteiger partial charge in [0, 0.05) is 40.8 Å². The zero-order valence-corrected chi connectivity index (χ0v) is 12.4. The third kappa shape index (κ3) is 3.15. The maximum atomic E-state index is 8.32. The van der Waals surface area contributed by atoms with E-state index in [4.69, 9.17) is 11.1 Å². The van der Waals surface area contributed by atoms with Crippen LogP contribution in [0.25, 0.3) is 0 Å². The van der Waals surface area contributed by atoms with Crippen LogP contribution in [-0.4, -0.2) is 24.0 Å². The van der Waals surface area contributed by atoms with E-state index < -0.39 is 0 Å². The number of nitrogen functional groups attached to an aromatic ring is 1. The van der Waals surface area contributed by atoms with Gasteiger partial charge in [0.1, 0.15) is 0 Å². The van der Waals surface area contributed by atoms with Gasteiger partial charge in [-0.15, -0.1) is 0 Å². The molecular weight excluding hydrogens is 260 g/mol. The lowest BCUT2D eigenvalue weighted by molar-refractivity contribution is 0.711. The third-order valence-corrected chi connectivity index (χ3v) is 4.03. The van der Waals surface area contributed by atoms with E-state index in [9.17, 15) is 0 Å². The smallest absolute Gasteiger partial charge is 0.0709 e. The number of anilines is 2. The van der Waals surface area contributed by atoms with Gasteiger partial charge in [-0.1, -0.05) is 12.1 Å². The Bertz CT molecular complexity index is 611. The standard InChI is InChI=1S/C17H22N4/c1-11-4-2-5-13(21-11)10-20-15-7-3-6-14(18)16(15)17(19)12-8-9-12/h2-4,6-7,12-13,19-20H,5,8-10,18H2,1H3. The van der Waals surface area contributed by atoms with Crippen LogP contribution in [0.4, 0.5) is 11.4 Å². The molecule has 1 aromatic carbocycles. The van der Waals surface area contributed by atoms with E-state index >= 15 is 0 Å². The molecule has 1 aliphatic heterocycles. The number of hydrogen-bond donors (Lipinski definition) is 3. The van der Waals surface area contributed by atoms with E-state index in [-0.39, 0.29) is 6.04 Å². The summed E-state index contributed by atoms with van der Waals surface area (Å²) < 4.78 is 0. The van der Waals surface area contributed by atoms with Gasteiger partial charge in [-0.25, -0.2) is 0 Å². The van der Waals surface area contributed by atoms with Crippen LogP contribution in [0.2, 0.25) is 0 Å². The summed E-state index contributed by atoms with van der Waals surface area (Å²) in [5.41, 5.74) is 10.4. The fourth-order valence-electron chi connectivity index (χ4n) is 2.73. The highest BCUT2D eigenvalue weighted by Crippen LogP contribution is 2.36. The van der Waals surface area contributed by atoms with Gasteiger partial charge < -0.3 is 16.5 Å². The van der Waals surface area contributed by atoms with Crippen LogP contribution in [0.15, 0.2) is 35.3 Å². The number of aliphatic imine (C=N–C) groups is 1. The number of benzene rings is 1. The Hall–Kier alpha value is -2.10. The highest BCUT2D eigenvalue weighted by Gasteiger charge is 2.29. The van der Waals surface area contributed by atoms with Gasteiger partial charge in [-0.2, -0.15) is 0 Å². The Morgan fingerprint density at radius 2 is 2.24 bits per heavy atom. The monoisotopic (exact) mass is 282 g/mol. The van der Waals surface area contributed by atoms with Crippen molar-refractivity contribution in [3.05, 3.63) is 35.9 Å². The molecule has 0 spiro atoms. The van der Waals surface area contributed by atoms with Crippen molar-refractivity contribution in [2.45, 2.75) is 32.2 Å². The van der Waals surface area contributed by atoms with Crippen LogP contribution in [0.3, 0.4) is 0 Å². The molecule has 0 amide bonds. The summed E-state index contributed by atoms with van der Waals surface area (Å²) in [4.78, 5) is 4.62. The molecule has 4 nitrogen and oxygen atoms in total. The summed E-state index contributed by atoms with van der Waals surface area (Å²) in [6.45, 7) is 2.80. The van der Waals surface area contributed by atoms with Gasteiger partial charge in [0.25, 0.3) is 0 Å². The number of allylic oxidation sites excluding steroid dienone is 1. The lowest BCUT2D eigenvalue weighted by Gasteiger charge is -2.19. The molecule has 0 radical (unpaired) electrons. The maximum absolute atomic E-state index is 8.32. The van der Waals surface area contributed by atoms with Crippen LogP contribution in [-0.2, 0) is 0 Å². The van der Waals surface area contributed by atoms with Crippen molar-refractivity contribution in [3.8, 4) is 0 Å². The van der Waals surface area contributed by atoms with Crippen LogP contribution in [0.1, 0.15) is 31.7 Å². The Labute approximate surface area is 125 Å². The molecule has 1 aliphatic carbocycles. The Morgan fingerprint density at radius 1 is 1.43 bits per heavy atom. The van der Waals surface area contributed by atoms with Gasteiger partial charge >= 0.3 is 0 Å². The summed E-state index contributed by atoms with van der Waals surface area (Å²) in [5.74, 6) is 0.396. The van der Waals surface area contributed by atoms with E-state index in [0.29, 0.717) is 17.3 Å². The minimum atomic E-state index is 0.263. The van der Waals surface area contributed by atoms with Crippen LogP contribution in [0.5, 0.6) is 0 Å². The first-order valence-corrected chi connectivity index (χ1v) is 7.57. The molecule has 21 heavy (non-hydrogen) atoms. The zero-order valence-electron chi connectivity index (χ0n) is 12.4. The number of nitrogens with two attached hydrogens (primary N) is 1. The van der Waals surface area contributed by atoms with E-state index in [2.05, 4.69) is 22.5 Å². The zero-order chi connectivity index (χ0) is 14.8. The molecule has 0 aromatic heterocycles. The number of hydrogen-bond acceptors (Lipinski definition) is 4. The van der Waals surface area contributed by atoms with Gasteiger partial charge in [0.2, 0.25) is 0 Å². The summed E-state index contributed by atoms with van der Waals surface area (Å²) in [6.07, 6.45) is 7.42. The van der Waals surface area contributed by atoms with E-state index in [1.54, 1.807) is 0 Å². The van der Waals surface area contributed by atoms with Crippen molar-refractivity contribution in [2.24, 2.45) is 10.9 Å². The highest BCUT2D eigenvalue weighted by molar-refractivity contribution is 6.09. The second-order valence-corrected chi connectivity index (χ2v) is 5.90. The number of nitrogens with one attached hydrogen (secondary N) is 2. The van der Waals surface area contributed by atoms with Crippen LogP contribution < -0.4 is 11.1 Å². The summed E-state index contributed by atoms with van der Waals surface area (Å²) >= 11 is 0. The molecule has 1 unspecified atom stereocenters. The normalized spacial score (nSPS) is 21.0. The highest BCUT2D eigenvalue weighted by atomic mass is 14.9. The minimum Gasteiger partial charge on any atom is -0.398 e. The summed E-state index contributed by atoms with van der Waals surface area (Å²) in [5, 5.41) is 11.8. The Kier molecular flexibility index (Phi) is 3.78. The molecule has 110 valence electrons. The lowest BCUT2D eigenvalue weighted by Crippen LogP contribution is -2.22. The minimum absolute atomic E-state index is 0.263. The fourth-order valence-corrected chi connectivity index (χ4v) is 2.73. The predicted octanol–water partition coefficient (Wildman–Crippen LogP) is 3.25. The molecule has 1 heterocycles. The number of dihydropyridines is 1. The molecule has 0 saturated heterocycles. The van der Waals surface area contributed by atoms with Crippen LogP contribution in [0, 0.1) is 11.3 Å². The Morgan fingerprint density at radius 3 is 2.95 bits per heavy atom. The molecule has 4 N–H and O–H groups in total. The molecule has 3 rings (SSSR count). The molecule has 1 saturated carbocycles. The molecule has 0 bridgehead atoms. The SMILES string of the molecule is CC1=NC(CNc2cccc(N)c2C(=N)C2CC2)CC=C1. The summed E-state index contributed by atoms with van der Waals surface area (Å²) in [7, 11) is 0. The molecular formula is C17H22N4. The summed E-state index contributed by atoms with van der Waals surface area (Å²) in [6, 6.07) is 6.09. The molecule has 1 aromatic rings. The lowest BCUT2D eigenvalue weighted by atomic mass is 10.0. The van der Waals surface area contributed by atoms with Crippen molar-refractivity contribution in [1.82, 2.24) is 0 Å². The van der Waals surface area contributed by atoms with Gasteiger partial charge in [0.05, 0.1) is 6.04 Å². The second kappa shape index (κ2) is 5.72. The van der Waals surface area contributed by atoms with E-state index in [1.165, 1.54) is 0 Å². The first kappa shape index (κ1) is 13.9. The average Bonchev–Trinajstić information content (AvgIpc) is 3.29. The molecule has 1 fully saturated rings. The van der Waals surface area contributed by atoms with Gasteiger partial charge in [-0.05, 0) is 44.4 Å². The third-order valence-electron chi connectivity index (χ3n) is 4.03. The van der Waals surface area contributed by atoms with E-state index in [1.807, 2.05) is 25.1 Å². The van der Waals surface area contributed by atoms with Crippen molar-refractivity contribution in [2.75, 3.05) is 17.6 Å². The first-order chi connectivity index (χ1) is 10.1. The molecule has 1 atom stereocenters. The number of nitrogens with zero attached hydrogens (tertiary/aromatic N) is 1.